The molecule has 21 heavy (non-hydrogen) atoms. The number of carbonyl (C=O) groups excluding carboxylic acids is 1. The molecule has 0 atom stereocenters. The van der Waals surface area contributed by atoms with E-state index < -0.39 is 0 Å². The molecule has 2 aromatic rings. The van der Waals surface area contributed by atoms with E-state index in [0.717, 1.165) is 10.0 Å². The third-order valence-electron chi connectivity index (χ3n) is 2.72. The molecule has 0 fully saturated rings. The molecule has 0 saturated carbocycles. The molecule has 6 heteroatoms. The van der Waals surface area contributed by atoms with Crippen LogP contribution in [0.25, 0.3) is 0 Å². The first kappa shape index (κ1) is 15.8. The van der Waals surface area contributed by atoms with E-state index in [4.69, 9.17) is 28.5 Å². The molecule has 0 aromatic heterocycles. The van der Waals surface area contributed by atoms with Gasteiger partial charge in [0.25, 0.3) is 0 Å². The standard InChI is InChI=1S/C15H9BrCl2N2O/c16-11-6-12(17)15(13(18)7-11)20-14(21)5-9-1-3-10(8-19)4-2-9/h1-4,6-7H,5H2,(H,20,21). The lowest BCUT2D eigenvalue weighted by Gasteiger charge is -2.10. The first-order valence-corrected chi connectivity index (χ1v) is 7.48. The molecule has 0 spiro atoms. The predicted octanol–water partition coefficient (Wildman–Crippen LogP) is 4.81. The van der Waals surface area contributed by atoms with Crippen molar-refractivity contribution in [2.45, 2.75) is 6.42 Å². The van der Waals surface area contributed by atoms with Gasteiger partial charge in [-0.25, -0.2) is 0 Å². The lowest BCUT2D eigenvalue weighted by Crippen LogP contribution is -2.15. The van der Waals surface area contributed by atoms with Crippen LogP contribution in [0.1, 0.15) is 11.1 Å². The fourth-order valence-electron chi connectivity index (χ4n) is 1.73. The molecule has 0 radical (unpaired) electrons. The summed E-state index contributed by atoms with van der Waals surface area (Å²) < 4.78 is 0.739. The van der Waals surface area contributed by atoms with Gasteiger partial charge in [-0.2, -0.15) is 5.26 Å². The van der Waals surface area contributed by atoms with Crippen LogP contribution in [0.3, 0.4) is 0 Å². The van der Waals surface area contributed by atoms with Crippen LogP contribution in [0, 0.1) is 11.3 Å². The van der Waals surface area contributed by atoms with Crippen molar-refractivity contribution in [2.24, 2.45) is 0 Å². The van der Waals surface area contributed by atoms with Crippen LogP contribution < -0.4 is 5.32 Å². The Bertz CT molecular complexity index is 700. The minimum absolute atomic E-state index is 0.175. The van der Waals surface area contributed by atoms with Crippen LogP contribution in [0.4, 0.5) is 5.69 Å². The highest BCUT2D eigenvalue weighted by molar-refractivity contribution is 9.10. The molecule has 0 aliphatic rings. The maximum atomic E-state index is 12.0. The number of nitriles is 1. The molecule has 1 amide bonds. The monoisotopic (exact) mass is 382 g/mol. The van der Waals surface area contributed by atoms with Crippen molar-refractivity contribution in [3.63, 3.8) is 0 Å². The maximum absolute atomic E-state index is 12.0. The van der Waals surface area contributed by atoms with Crippen LogP contribution >= 0.6 is 39.1 Å². The van der Waals surface area contributed by atoms with E-state index in [1.807, 2.05) is 6.07 Å². The van der Waals surface area contributed by atoms with Gasteiger partial charge in [0.15, 0.2) is 0 Å². The Kier molecular flexibility index (Phi) is 5.24. The first-order valence-electron chi connectivity index (χ1n) is 5.93. The zero-order valence-corrected chi connectivity index (χ0v) is 13.8. The molecule has 3 nitrogen and oxygen atoms in total. The fraction of sp³-hybridized carbons (Fsp3) is 0.0667. The molecule has 0 aliphatic heterocycles. The Morgan fingerprint density at radius 1 is 1.19 bits per heavy atom. The molecule has 1 N–H and O–H groups in total. The Hall–Kier alpha value is -1.54. The molecule has 0 unspecified atom stereocenters. The summed E-state index contributed by atoms with van der Waals surface area (Å²) in [5.41, 5.74) is 1.74. The summed E-state index contributed by atoms with van der Waals surface area (Å²) in [7, 11) is 0. The molecule has 0 bridgehead atoms. The predicted molar refractivity (Wildman–Crippen MR) is 87.7 cm³/mol. The molecule has 0 saturated heterocycles. The largest absolute Gasteiger partial charge is 0.323 e. The number of amides is 1. The van der Waals surface area contributed by atoms with E-state index in [9.17, 15) is 4.79 Å². The van der Waals surface area contributed by atoms with Crippen molar-refractivity contribution in [1.29, 1.82) is 5.26 Å². The molecule has 2 rings (SSSR count). The number of nitrogens with one attached hydrogen (secondary N) is 1. The van der Waals surface area contributed by atoms with E-state index >= 15 is 0 Å². The van der Waals surface area contributed by atoms with E-state index in [1.165, 1.54) is 0 Å². The van der Waals surface area contributed by atoms with Gasteiger partial charge in [0.2, 0.25) is 5.91 Å². The van der Waals surface area contributed by atoms with E-state index in [2.05, 4.69) is 21.2 Å². The van der Waals surface area contributed by atoms with Gasteiger partial charge < -0.3 is 5.32 Å². The smallest absolute Gasteiger partial charge is 0.228 e. The van der Waals surface area contributed by atoms with Gasteiger partial charge in [0.1, 0.15) is 0 Å². The minimum atomic E-state index is -0.231. The summed E-state index contributed by atoms with van der Waals surface area (Å²) in [5, 5.41) is 12.1. The van der Waals surface area contributed by atoms with Gasteiger partial charge in [-0.1, -0.05) is 51.3 Å². The van der Waals surface area contributed by atoms with Gasteiger partial charge in [-0.15, -0.1) is 0 Å². The normalized spacial score (nSPS) is 10.0. The summed E-state index contributed by atoms with van der Waals surface area (Å²) in [5.74, 6) is -0.231. The molecule has 0 aliphatic carbocycles. The highest BCUT2D eigenvalue weighted by Gasteiger charge is 2.11. The van der Waals surface area contributed by atoms with Crippen molar-refractivity contribution in [1.82, 2.24) is 0 Å². The lowest BCUT2D eigenvalue weighted by molar-refractivity contribution is -0.115. The molecular weight excluding hydrogens is 375 g/mol. The summed E-state index contributed by atoms with van der Waals surface area (Å²) in [6.45, 7) is 0. The molecule has 2 aromatic carbocycles. The van der Waals surface area contributed by atoms with E-state index in [0.29, 0.717) is 21.3 Å². The molecule has 0 heterocycles. The second kappa shape index (κ2) is 6.95. The Morgan fingerprint density at radius 3 is 2.29 bits per heavy atom. The van der Waals surface area contributed by atoms with Gasteiger partial charge >= 0.3 is 0 Å². The number of halogens is 3. The Labute approximate surface area is 140 Å². The number of hydrogen-bond donors (Lipinski definition) is 1. The van der Waals surface area contributed by atoms with Crippen molar-refractivity contribution in [2.75, 3.05) is 5.32 Å². The number of carbonyl (C=O) groups is 1. The maximum Gasteiger partial charge on any atom is 0.228 e. The van der Waals surface area contributed by atoms with Gasteiger partial charge in [-0.3, -0.25) is 4.79 Å². The number of hydrogen-bond acceptors (Lipinski definition) is 2. The number of anilines is 1. The SMILES string of the molecule is N#Cc1ccc(CC(=O)Nc2c(Cl)cc(Br)cc2Cl)cc1. The summed E-state index contributed by atoms with van der Waals surface area (Å²) in [6.07, 6.45) is 0.175. The average molecular weight is 384 g/mol. The third kappa shape index (κ3) is 4.21. The molecule has 106 valence electrons. The number of rotatable bonds is 3. The minimum Gasteiger partial charge on any atom is -0.323 e. The van der Waals surface area contributed by atoms with Crippen molar-refractivity contribution >= 4 is 50.7 Å². The lowest BCUT2D eigenvalue weighted by atomic mass is 10.1. The van der Waals surface area contributed by atoms with Crippen molar-refractivity contribution < 1.29 is 4.79 Å². The highest BCUT2D eigenvalue weighted by atomic mass is 79.9. The second-order valence-electron chi connectivity index (χ2n) is 4.28. The third-order valence-corrected chi connectivity index (χ3v) is 3.77. The summed E-state index contributed by atoms with van der Waals surface area (Å²) in [6, 6.07) is 12.2. The number of nitrogens with zero attached hydrogens (tertiary/aromatic N) is 1. The fourth-order valence-corrected chi connectivity index (χ4v) is 3.03. The Balaban J connectivity index is 2.10. The molecular formula is C15H9BrCl2N2O. The average Bonchev–Trinajstić information content (AvgIpc) is 2.43. The highest BCUT2D eigenvalue weighted by Crippen LogP contribution is 2.33. The quantitative estimate of drug-likeness (QED) is 0.826. The zero-order chi connectivity index (χ0) is 15.4. The van der Waals surface area contributed by atoms with Crippen LogP contribution in [-0.4, -0.2) is 5.91 Å². The van der Waals surface area contributed by atoms with Crippen LogP contribution in [0.15, 0.2) is 40.9 Å². The van der Waals surface area contributed by atoms with Crippen LogP contribution in [0.2, 0.25) is 10.0 Å². The van der Waals surface area contributed by atoms with Crippen molar-refractivity contribution in [3.05, 3.63) is 62.0 Å². The van der Waals surface area contributed by atoms with Gasteiger partial charge in [0.05, 0.1) is 33.8 Å². The van der Waals surface area contributed by atoms with E-state index in [-0.39, 0.29) is 12.3 Å². The summed E-state index contributed by atoms with van der Waals surface area (Å²) in [4.78, 5) is 12.0. The van der Waals surface area contributed by atoms with Crippen LogP contribution in [-0.2, 0) is 11.2 Å². The van der Waals surface area contributed by atoms with Gasteiger partial charge in [0, 0.05) is 4.47 Å². The Morgan fingerprint density at radius 2 is 1.76 bits per heavy atom. The zero-order valence-electron chi connectivity index (χ0n) is 10.7. The van der Waals surface area contributed by atoms with E-state index in [1.54, 1.807) is 36.4 Å². The van der Waals surface area contributed by atoms with Crippen molar-refractivity contribution in [3.8, 4) is 6.07 Å². The van der Waals surface area contributed by atoms with Crippen LogP contribution in [0.5, 0.6) is 0 Å². The number of benzene rings is 2. The second-order valence-corrected chi connectivity index (χ2v) is 6.01. The van der Waals surface area contributed by atoms with Gasteiger partial charge in [-0.05, 0) is 29.8 Å². The first-order chi connectivity index (χ1) is 9.99. The summed E-state index contributed by atoms with van der Waals surface area (Å²) >= 11 is 15.4. The topological polar surface area (TPSA) is 52.9 Å².